The SMILES string of the molecule is Cc1nn(CC(=O)O)c2nc(-c3ccco3)cc(C(F)(F)F)c12. The van der Waals surface area contributed by atoms with Gasteiger partial charge in [-0.2, -0.15) is 18.3 Å². The Hall–Kier alpha value is -2.84. The number of aryl methyl sites for hydroxylation is 1. The van der Waals surface area contributed by atoms with Crippen molar-refractivity contribution in [1.82, 2.24) is 14.8 Å². The number of alkyl halides is 3. The summed E-state index contributed by atoms with van der Waals surface area (Å²) in [6.45, 7) is 0.792. The number of hydrogen-bond acceptors (Lipinski definition) is 4. The lowest BCUT2D eigenvalue weighted by Gasteiger charge is -2.10. The van der Waals surface area contributed by atoms with Gasteiger partial charge in [0.1, 0.15) is 12.2 Å². The molecule has 0 aliphatic heterocycles. The molecular weight excluding hydrogens is 315 g/mol. The quantitative estimate of drug-likeness (QED) is 0.800. The summed E-state index contributed by atoms with van der Waals surface area (Å²) in [6, 6.07) is 3.87. The number of carbonyl (C=O) groups is 1. The van der Waals surface area contributed by atoms with Crippen molar-refractivity contribution in [3.63, 3.8) is 0 Å². The Balaban J connectivity index is 2.35. The Kier molecular flexibility index (Phi) is 3.35. The van der Waals surface area contributed by atoms with Crippen molar-refractivity contribution in [2.24, 2.45) is 0 Å². The summed E-state index contributed by atoms with van der Waals surface area (Å²) < 4.78 is 46.2. The molecule has 0 radical (unpaired) electrons. The average Bonchev–Trinajstić information content (AvgIpc) is 3.06. The molecule has 0 unspecified atom stereocenters. The van der Waals surface area contributed by atoms with Crippen LogP contribution in [0.4, 0.5) is 13.2 Å². The van der Waals surface area contributed by atoms with Crippen molar-refractivity contribution in [1.29, 1.82) is 0 Å². The number of aliphatic carboxylic acids is 1. The molecule has 120 valence electrons. The van der Waals surface area contributed by atoms with Gasteiger partial charge in [0.25, 0.3) is 0 Å². The lowest BCUT2D eigenvalue weighted by Crippen LogP contribution is -2.12. The summed E-state index contributed by atoms with van der Waals surface area (Å²) in [7, 11) is 0. The second kappa shape index (κ2) is 5.11. The second-order valence-corrected chi connectivity index (χ2v) is 4.87. The van der Waals surface area contributed by atoms with Crippen LogP contribution in [0, 0.1) is 6.92 Å². The summed E-state index contributed by atoms with van der Waals surface area (Å²) in [6.07, 6.45) is -3.32. The minimum Gasteiger partial charge on any atom is -0.480 e. The van der Waals surface area contributed by atoms with Gasteiger partial charge >= 0.3 is 12.1 Å². The molecule has 3 rings (SSSR count). The van der Waals surface area contributed by atoms with Crippen LogP contribution in [0.1, 0.15) is 11.3 Å². The first-order chi connectivity index (χ1) is 10.8. The van der Waals surface area contributed by atoms with E-state index in [0.29, 0.717) is 0 Å². The van der Waals surface area contributed by atoms with Crippen LogP contribution in [0.3, 0.4) is 0 Å². The molecule has 0 saturated heterocycles. The molecule has 0 spiro atoms. The maximum Gasteiger partial charge on any atom is 0.417 e. The standard InChI is InChI=1S/C14H10F3N3O3/c1-7-12-8(14(15,16)17)5-9(10-3-2-4-23-10)18-13(12)20(19-7)6-11(21)22/h2-5H,6H2,1H3,(H,21,22). The predicted molar refractivity (Wildman–Crippen MR) is 72.6 cm³/mol. The zero-order valence-electron chi connectivity index (χ0n) is 11.8. The Labute approximate surface area is 127 Å². The molecule has 3 aromatic rings. The third-order valence-corrected chi connectivity index (χ3v) is 3.24. The van der Waals surface area contributed by atoms with Crippen molar-refractivity contribution in [3.8, 4) is 11.5 Å². The molecule has 0 atom stereocenters. The van der Waals surface area contributed by atoms with E-state index in [-0.39, 0.29) is 28.2 Å². The minimum atomic E-state index is -4.63. The molecule has 1 N–H and O–H groups in total. The highest BCUT2D eigenvalue weighted by Crippen LogP contribution is 2.38. The van der Waals surface area contributed by atoms with E-state index in [2.05, 4.69) is 10.1 Å². The molecular formula is C14H10F3N3O3. The third-order valence-electron chi connectivity index (χ3n) is 3.24. The summed E-state index contributed by atoms with van der Waals surface area (Å²) in [5.41, 5.74) is -1.05. The molecule has 0 aromatic carbocycles. The highest BCUT2D eigenvalue weighted by Gasteiger charge is 2.36. The number of hydrogen-bond donors (Lipinski definition) is 1. The number of aromatic nitrogens is 3. The van der Waals surface area contributed by atoms with Crippen molar-refractivity contribution < 1.29 is 27.5 Å². The van der Waals surface area contributed by atoms with Gasteiger partial charge in [0.15, 0.2) is 11.4 Å². The van der Waals surface area contributed by atoms with Crippen LogP contribution in [0.5, 0.6) is 0 Å². The molecule has 23 heavy (non-hydrogen) atoms. The number of fused-ring (bicyclic) bond motifs is 1. The molecule has 9 heteroatoms. The topological polar surface area (TPSA) is 81.2 Å². The van der Waals surface area contributed by atoms with Crippen LogP contribution < -0.4 is 0 Å². The fourth-order valence-electron chi connectivity index (χ4n) is 2.37. The molecule has 3 heterocycles. The molecule has 0 saturated carbocycles. The van der Waals surface area contributed by atoms with Crippen molar-refractivity contribution >= 4 is 17.0 Å². The van der Waals surface area contributed by atoms with Gasteiger partial charge in [-0.25, -0.2) is 9.67 Å². The first-order valence-electron chi connectivity index (χ1n) is 6.48. The van der Waals surface area contributed by atoms with Crippen LogP contribution >= 0.6 is 0 Å². The Bertz CT molecular complexity index is 882. The number of halogens is 3. The lowest BCUT2D eigenvalue weighted by molar-refractivity contribution is -0.138. The number of carboxylic acid groups (broad SMARTS) is 1. The van der Waals surface area contributed by atoms with Gasteiger partial charge in [0, 0.05) is 0 Å². The third kappa shape index (κ3) is 2.65. The predicted octanol–water partition coefficient (Wildman–Crippen LogP) is 3.10. The fraction of sp³-hybridized carbons (Fsp3) is 0.214. The van der Waals surface area contributed by atoms with Crippen LogP contribution in [0.2, 0.25) is 0 Å². The normalized spacial score (nSPS) is 12.0. The highest BCUT2D eigenvalue weighted by atomic mass is 19.4. The number of furan rings is 1. The summed E-state index contributed by atoms with van der Waals surface area (Å²) in [5, 5.41) is 12.5. The van der Waals surface area contributed by atoms with Crippen molar-refractivity contribution in [3.05, 3.63) is 35.7 Å². The lowest BCUT2D eigenvalue weighted by atomic mass is 10.1. The summed E-state index contributed by atoms with van der Waals surface area (Å²) in [5.74, 6) is -1.08. The summed E-state index contributed by atoms with van der Waals surface area (Å²) >= 11 is 0. The van der Waals surface area contributed by atoms with E-state index in [1.165, 1.54) is 25.3 Å². The van der Waals surface area contributed by atoms with E-state index in [4.69, 9.17) is 9.52 Å². The molecule has 0 aliphatic rings. The van der Waals surface area contributed by atoms with Gasteiger partial charge in [0.05, 0.1) is 22.9 Å². The van der Waals surface area contributed by atoms with Crippen molar-refractivity contribution in [2.75, 3.05) is 0 Å². The number of rotatable bonds is 3. The van der Waals surface area contributed by atoms with E-state index in [0.717, 1.165) is 10.7 Å². The minimum absolute atomic E-state index is 0.0404. The highest BCUT2D eigenvalue weighted by molar-refractivity contribution is 5.86. The molecule has 3 aromatic heterocycles. The first-order valence-corrected chi connectivity index (χ1v) is 6.48. The van der Waals surface area contributed by atoms with E-state index >= 15 is 0 Å². The van der Waals surface area contributed by atoms with E-state index in [9.17, 15) is 18.0 Å². The number of pyridine rings is 1. The van der Waals surface area contributed by atoms with E-state index < -0.39 is 24.3 Å². The van der Waals surface area contributed by atoms with Gasteiger partial charge in [-0.15, -0.1) is 0 Å². The van der Waals surface area contributed by atoms with Gasteiger partial charge in [-0.1, -0.05) is 0 Å². The van der Waals surface area contributed by atoms with Gasteiger partial charge in [-0.05, 0) is 25.1 Å². The zero-order chi connectivity index (χ0) is 16.8. The zero-order valence-corrected chi connectivity index (χ0v) is 11.8. The first kappa shape index (κ1) is 15.1. The van der Waals surface area contributed by atoms with Crippen LogP contribution in [0.25, 0.3) is 22.5 Å². The molecule has 6 nitrogen and oxygen atoms in total. The van der Waals surface area contributed by atoms with Crippen LogP contribution in [0.15, 0.2) is 28.9 Å². The van der Waals surface area contributed by atoms with Gasteiger partial charge in [-0.3, -0.25) is 4.79 Å². The molecule has 0 fully saturated rings. The molecule has 0 aliphatic carbocycles. The maximum atomic E-state index is 13.4. The fourth-order valence-corrected chi connectivity index (χ4v) is 2.37. The monoisotopic (exact) mass is 325 g/mol. The molecule has 0 amide bonds. The Morgan fingerprint density at radius 2 is 2.17 bits per heavy atom. The van der Waals surface area contributed by atoms with E-state index in [1.54, 1.807) is 0 Å². The smallest absolute Gasteiger partial charge is 0.417 e. The number of nitrogens with zero attached hydrogens (tertiary/aromatic N) is 3. The largest absolute Gasteiger partial charge is 0.480 e. The van der Waals surface area contributed by atoms with Crippen LogP contribution in [-0.2, 0) is 17.5 Å². The van der Waals surface area contributed by atoms with E-state index in [1.807, 2.05) is 0 Å². The Morgan fingerprint density at radius 1 is 1.43 bits per heavy atom. The van der Waals surface area contributed by atoms with Crippen LogP contribution in [-0.4, -0.2) is 25.8 Å². The van der Waals surface area contributed by atoms with Gasteiger partial charge < -0.3 is 9.52 Å². The van der Waals surface area contributed by atoms with Gasteiger partial charge in [0.2, 0.25) is 0 Å². The Morgan fingerprint density at radius 3 is 2.74 bits per heavy atom. The maximum absolute atomic E-state index is 13.4. The average molecular weight is 325 g/mol. The summed E-state index contributed by atoms with van der Waals surface area (Å²) in [4.78, 5) is 15.0. The number of carboxylic acids is 1. The van der Waals surface area contributed by atoms with Crippen molar-refractivity contribution in [2.45, 2.75) is 19.6 Å². The molecule has 0 bridgehead atoms. The second-order valence-electron chi connectivity index (χ2n) is 4.87.